The maximum atomic E-state index is 12.3. The summed E-state index contributed by atoms with van der Waals surface area (Å²) in [6.45, 7) is 2.95. The predicted octanol–water partition coefficient (Wildman–Crippen LogP) is 2.10. The molecule has 23 heavy (non-hydrogen) atoms. The minimum absolute atomic E-state index is 0.0166. The number of hydrogen-bond acceptors (Lipinski definition) is 5. The van der Waals surface area contributed by atoms with E-state index in [0.717, 1.165) is 10.5 Å². The first-order chi connectivity index (χ1) is 11.1. The van der Waals surface area contributed by atoms with Crippen molar-refractivity contribution in [2.75, 3.05) is 19.8 Å². The van der Waals surface area contributed by atoms with E-state index in [1.165, 1.54) is 0 Å². The summed E-state index contributed by atoms with van der Waals surface area (Å²) in [5.74, 6) is -0.249. The third-order valence-corrected chi connectivity index (χ3v) is 4.43. The smallest absolute Gasteiger partial charge is 0.416 e. The predicted molar refractivity (Wildman–Crippen MR) is 86.7 cm³/mol. The number of nitrogens with zero attached hydrogens (tertiary/aromatic N) is 2. The molecule has 122 valence electrons. The van der Waals surface area contributed by atoms with E-state index in [1.807, 2.05) is 42.2 Å². The van der Waals surface area contributed by atoms with Gasteiger partial charge in [-0.1, -0.05) is 30.3 Å². The average molecular weight is 334 g/mol. The van der Waals surface area contributed by atoms with Gasteiger partial charge >= 0.3 is 6.09 Å². The second-order valence-electron chi connectivity index (χ2n) is 5.62. The Bertz CT molecular complexity index is 622. The Morgan fingerprint density at radius 3 is 2.74 bits per heavy atom. The Morgan fingerprint density at radius 2 is 2.09 bits per heavy atom. The minimum Gasteiger partial charge on any atom is -0.468 e. The highest BCUT2D eigenvalue weighted by molar-refractivity contribution is 7.80. The van der Waals surface area contributed by atoms with Gasteiger partial charge in [0.1, 0.15) is 13.2 Å². The average Bonchev–Trinajstić information content (AvgIpc) is 3.14. The quantitative estimate of drug-likeness (QED) is 0.786. The zero-order chi connectivity index (χ0) is 16.4. The van der Waals surface area contributed by atoms with Crippen LogP contribution in [0.4, 0.5) is 4.79 Å². The fourth-order valence-electron chi connectivity index (χ4n) is 2.93. The van der Waals surface area contributed by atoms with Crippen LogP contribution < -0.4 is 0 Å². The lowest BCUT2D eigenvalue weighted by Crippen LogP contribution is -2.41. The van der Waals surface area contributed by atoms with Crippen molar-refractivity contribution in [3.8, 4) is 0 Å². The Balaban J connectivity index is 1.71. The zero-order valence-electron chi connectivity index (χ0n) is 12.8. The summed E-state index contributed by atoms with van der Waals surface area (Å²) in [5, 5.41) is 0.392. The lowest BCUT2D eigenvalue weighted by Gasteiger charge is -2.30. The molecule has 0 saturated carbocycles. The lowest BCUT2D eigenvalue weighted by atomic mass is 10.0. The number of amides is 2. The van der Waals surface area contributed by atoms with Crippen LogP contribution in [0.3, 0.4) is 0 Å². The molecule has 2 heterocycles. The highest BCUT2D eigenvalue weighted by Crippen LogP contribution is 2.31. The van der Waals surface area contributed by atoms with E-state index in [-0.39, 0.29) is 31.0 Å². The van der Waals surface area contributed by atoms with E-state index in [9.17, 15) is 9.59 Å². The van der Waals surface area contributed by atoms with E-state index < -0.39 is 6.09 Å². The second kappa shape index (κ2) is 6.54. The largest absolute Gasteiger partial charge is 0.468 e. The summed E-state index contributed by atoms with van der Waals surface area (Å²) >= 11 is 5.29. The number of cyclic esters (lactones) is 1. The molecule has 2 amide bonds. The molecule has 0 aromatic heterocycles. The first kappa shape index (κ1) is 15.7. The van der Waals surface area contributed by atoms with Gasteiger partial charge in [0.2, 0.25) is 5.91 Å². The summed E-state index contributed by atoms with van der Waals surface area (Å²) in [6, 6.07) is 9.72. The summed E-state index contributed by atoms with van der Waals surface area (Å²) in [4.78, 5) is 26.9. The molecule has 2 aliphatic rings. The van der Waals surface area contributed by atoms with Crippen LogP contribution in [0, 0.1) is 0 Å². The highest BCUT2D eigenvalue weighted by Gasteiger charge is 2.37. The van der Waals surface area contributed by atoms with E-state index in [0.29, 0.717) is 18.3 Å². The first-order valence-electron chi connectivity index (χ1n) is 7.55. The molecule has 0 bridgehead atoms. The number of rotatable bonds is 4. The second-order valence-corrected chi connectivity index (χ2v) is 5.97. The van der Waals surface area contributed by atoms with Crippen molar-refractivity contribution in [3.63, 3.8) is 0 Å². The Kier molecular flexibility index (Phi) is 4.47. The van der Waals surface area contributed by atoms with Crippen molar-refractivity contribution in [1.82, 2.24) is 9.80 Å². The van der Waals surface area contributed by atoms with Crippen molar-refractivity contribution in [1.29, 1.82) is 0 Å². The van der Waals surface area contributed by atoms with Gasteiger partial charge in [-0.15, -0.1) is 0 Å². The summed E-state index contributed by atoms with van der Waals surface area (Å²) in [6.07, 6.45) is -0.385. The minimum atomic E-state index is -0.568. The topological polar surface area (TPSA) is 59.1 Å². The molecule has 2 saturated heterocycles. The summed E-state index contributed by atoms with van der Waals surface area (Å²) in [5.41, 5.74) is 1.09. The molecule has 1 unspecified atom stereocenters. The van der Waals surface area contributed by atoms with Crippen LogP contribution in [0.15, 0.2) is 30.3 Å². The van der Waals surface area contributed by atoms with Crippen molar-refractivity contribution in [2.24, 2.45) is 0 Å². The molecule has 2 aliphatic heterocycles. The van der Waals surface area contributed by atoms with Gasteiger partial charge in [-0.2, -0.15) is 0 Å². The van der Waals surface area contributed by atoms with Crippen LogP contribution in [-0.2, 0) is 14.3 Å². The first-order valence-corrected chi connectivity index (χ1v) is 7.96. The van der Waals surface area contributed by atoms with Crippen LogP contribution in [0.1, 0.15) is 24.9 Å². The summed E-state index contributed by atoms with van der Waals surface area (Å²) in [7, 11) is 0. The van der Waals surface area contributed by atoms with E-state index in [2.05, 4.69) is 0 Å². The summed E-state index contributed by atoms with van der Waals surface area (Å²) < 4.78 is 10.3. The fraction of sp³-hybridized carbons (Fsp3) is 0.438. The Morgan fingerprint density at radius 1 is 1.35 bits per heavy atom. The van der Waals surface area contributed by atoms with Gasteiger partial charge in [0, 0.05) is 12.5 Å². The van der Waals surface area contributed by atoms with Gasteiger partial charge < -0.3 is 14.4 Å². The third-order valence-electron chi connectivity index (χ3n) is 4.10. The molecular formula is C16H18N2O4S. The van der Waals surface area contributed by atoms with Crippen LogP contribution >= 0.6 is 12.2 Å². The molecule has 2 fully saturated rings. The van der Waals surface area contributed by atoms with Crippen LogP contribution in [-0.4, -0.2) is 52.8 Å². The SMILES string of the molecule is CC(CC(=O)N1CCOC1=O)N1C(=S)OC[C@@H]1c1ccccc1. The van der Waals surface area contributed by atoms with Crippen molar-refractivity contribution < 1.29 is 19.1 Å². The van der Waals surface area contributed by atoms with Gasteiger partial charge in [0.05, 0.1) is 12.6 Å². The maximum absolute atomic E-state index is 12.3. The Labute approximate surface area is 139 Å². The maximum Gasteiger partial charge on any atom is 0.416 e. The number of imide groups is 1. The number of ether oxygens (including phenoxy) is 2. The van der Waals surface area contributed by atoms with Gasteiger partial charge in [0.25, 0.3) is 5.17 Å². The molecule has 1 aromatic rings. The van der Waals surface area contributed by atoms with E-state index in [4.69, 9.17) is 21.7 Å². The third kappa shape index (κ3) is 3.14. The van der Waals surface area contributed by atoms with Gasteiger partial charge in [-0.05, 0) is 24.7 Å². The van der Waals surface area contributed by atoms with Crippen molar-refractivity contribution in [2.45, 2.75) is 25.4 Å². The van der Waals surface area contributed by atoms with Gasteiger partial charge in [-0.25, -0.2) is 9.69 Å². The van der Waals surface area contributed by atoms with E-state index in [1.54, 1.807) is 0 Å². The van der Waals surface area contributed by atoms with Crippen LogP contribution in [0.5, 0.6) is 0 Å². The van der Waals surface area contributed by atoms with E-state index >= 15 is 0 Å². The van der Waals surface area contributed by atoms with Crippen molar-refractivity contribution in [3.05, 3.63) is 35.9 Å². The number of thiocarbonyl (C=S) groups is 1. The molecule has 7 heteroatoms. The number of carbonyl (C=O) groups is 2. The standard InChI is InChI=1S/C16H18N2O4S/c1-11(9-14(19)17-7-8-21-15(17)20)18-13(10-22-16(18)23)12-5-3-2-4-6-12/h2-6,11,13H,7-10H2,1H3/t11?,13-/m1/s1. The molecular weight excluding hydrogens is 316 g/mol. The molecule has 1 aromatic carbocycles. The molecule has 0 radical (unpaired) electrons. The number of benzene rings is 1. The molecule has 0 aliphatic carbocycles. The molecule has 2 atom stereocenters. The number of carbonyl (C=O) groups excluding carboxylic acids is 2. The Hall–Kier alpha value is -2.15. The molecule has 3 rings (SSSR count). The van der Waals surface area contributed by atoms with Gasteiger partial charge in [0.15, 0.2) is 0 Å². The number of hydrogen-bond donors (Lipinski definition) is 0. The molecule has 0 N–H and O–H groups in total. The van der Waals surface area contributed by atoms with Crippen molar-refractivity contribution >= 4 is 29.4 Å². The molecule has 0 spiro atoms. The zero-order valence-corrected chi connectivity index (χ0v) is 13.6. The molecule has 6 nitrogen and oxygen atoms in total. The normalized spacial score (nSPS) is 22.0. The monoisotopic (exact) mass is 334 g/mol. The van der Waals surface area contributed by atoms with Crippen LogP contribution in [0.25, 0.3) is 0 Å². The van der Waals surface area contributed by atoms with Crippen LogP contribution in [0.2, 0.25) is 0 Å². The fourth-order valence-corrected chi connectivity index (χ4v) is 3.31. The van der Waals surface area contributed by atoms with Gasteiger partial charge in [-0.3, -0.25) is 4.79 Å². The highest BCUT2D eigenvalue weighted by atomic mass is 32.1. The lowest BCUT2D eigenvalue weighted by molar-refractivity contribution is -0.128.